The Labute approximate surface area is 118 Å². The Kier molecular flexibility index (Phi) is 4.40. The van der Waals surface area contributed by atoms with Crippen molar-refractivity contribution in [2.45, 2.75) is 32.7 Å². The van der Waals surface area contributed by atoms with Crippen molar-refractivity contribution in [3.05, 3.63) is 42.5 Å². The third kappa shape index (κ3) is 3.17. The van der Waals surface area contributed by atoms with Crippen LogP contribution in [0.5, 0.6) is 0 Å². The van der Waals surface area contributed by atoms with Gasteiger partial charge in [-0.3, -0.25) is 4.79 Å². The Morgan fingerprint density at radius 1 is 1.50 bits per heavy atom. The van der Waals surface area contributed by atoms with Crippen molar-refractivity contribution in [2.24, 2.45) is 0 Å². The lowest BCUT2D eigenvalue weighted by atomic mass is 10.2. The molecule has 0 aliphatic carbocycles. The molecule has 2 rings (SSSR count). The highest BCUT2D eigenvalue weighted by Gasteiger charge is 2.17. The Morgan fingerprint density at radius 2 is 2.30 bits per heavy atom. The molecule has 2 aromatic rings. The van der Waals surface area contributed by atoms with E-state index in [1.54, 1.807) is 18.3 Å². The number of nitrogens with zero attached hydrogens (tertiary/aromatic N) is 2. The molecule has 0 saturated carbocycles. The molecule has 0 saturated heterocycles. The van der Waals surface area contributed by atoms with E-state index in [1.807, 2.05) is 29.8 Å². The topological polar surface area (TPSA) is 72.9 Å². The number of aromatic nitrogens is 2. The predicted octanol–water partition coefficient (Wildman–Crippen LogP) is 2.62. The highest BCUT2D eigenvalue weighted by Crippen LogP contribution is 2.16. The molecule has 0 fully saturated rings. The number of carbonyl (C=O) groups excluding carboxylic acids is 1. The average Bonchev–Trinajstić information content (AvgIpc) is 2.86. The molecule has 5 nitrogen and oxygen atoms in total. The molecular weight excluding hydrogens is 252 g/mol. The van der Waals surface area contributed by atoms with Gasteiger partial charge in [-0.1, -0.05) is 13.0 Å². The quantitative estimate of drug-likeness (QED) is 0.822. The molecule has 3 N–H and O–H groups in total. The number of aryl methyl sites for hydroxylation is 1. The minimum Gasteiger partial charge on any atom is -0.399 e. The number of amides is 1. The fourth-order valence-electron chi connectivity index (χ4n) is 2.10. The predicted molar refractivity (Wildman–Crippen MR) is 80.4 cm³/mol. The number of benzene rings is 1. The van der Waals surface area contributed by atoms with Gasteiger partial charge in [0.25, 0.3) is 0 Å². The molecule has 1 unspecified atom stereocenters. The summed E-state index contributed by atoms with van der Waals surface area (Å²) in [6.45, 7) is 3.96. The Hall–Kier alpha value is -2.30. The number of hydrogen-bond donors (Lipinski definition) is 2. The lowest BCUT2D eigenvalue weighted by molar-refractivity contribution is -0.118. The first-order valence-electron chi connectivity index (χ1n) is 6.80. The number of hydrogen-bond acceptors (Lipinski definition) is 3. The lowest BCUT2D eigenvalue weighted by Crippen LogP contribution is -2.24. The van der Waals surface area contributed by atoms with Gasteiger partial charge < -0.3 is 15.6 Å². The van der Waals surface area contributed by atoms with E-state index in [0.717, 1.165) is 18.7 Å². The molecule has 1 heterocycles. The molecule has 20 heavy (non-hydrogen) atoms. The molecule has 106 valence electrons. The van der Waals surface area contributed by atoms with Gasteiger partial charge in [-0.15, -0.1) is 0 Å². The molecule has 1 aromatic carbocycles. The van der Waals surface area contributed by atoms with Gasteiger partial charge in [0, 0.05) is 30.2 Å². The van der Waals surface area contributed by atoms with Crippen molar-refractivity contribution in [2.75, 3.05) is 11.1 Å². The second-order valence-corrected chi connectivity index (χ2v) is 4.79. The fraction of sp³-hybridized carbons (Fsp3) is 0.333. The highest BCUT2D eigenvalue weighted by molar-refractivity contribution is 5.93. The number of nitrogen functional groups attached to an aromatic ring is 1. The second-order valence-electron chi connectivity index (χ2n) is 4.79. The van der Waals surface area contributed by atoms with Gasteiger partial charge in [0.15, 0.2) is 0 Å². The number of imidazole rings is 1. The summed E-state index contributed by atoms with van der Waals surface area (Å²) >= 11 is 0. The summed E-state index contributed by atoms with van der Waals surface area (Å²) in [6.07, 6.45) is 5.44. The summed E-state index contributed by atoms with van der Waals surface area (Å²) in [7, 11) is 0. The maximum atomic E-state index is 12.3. The van der Waals surface area contributed by atoms with E-state index in [-0.39, 0.29) is 11.9 Å². The second kappa shape index (κ2) is 6.23. The van der Waals surface area contributed by atoms with Gasteiger partial charge in [-0.25, -0.2) is 4.98 Å². The molecule has 1 atom stereocenters. The summed E-state index contributed by atoms with van der Waals surface area (Å²) in [6, 6.07) is 6.86. The van der Waals surface area contributed by atoms with Crippen molar-refractivity contribution in [1.29, 1.82) is 0 Å². The minimum absolute atomic E-state index is 0.0778. The van der Waals surface area contributed by atoms with Gasteiger partial charge in [0.1, 0.15) is 11.9 Å². The molecule has 0 aliphatic rings. The monoisotopic (exact) mass is 272 g/mol. The largest absolute Gasteiger partial charge is 0.399 e. The Bertz CT molecular complexity index is 591. The van der Waals surface area contributed by atoms with Gasteiger partial charge in [0.2, 0.25) is 5.91 Å². The molecule has 5 heteroatoms. The smallest absolute Gasteiger partial charge is 0.247 e. The standard InChI is InChI=1S/C15H20N4O/c1-3-5-14-17-8-9-19(14)11(2)15(20)18-13-7-4-6-12(16)10-13/h4,6-11H,3,5,16H2,1-2H3,(H,18,20). The first kappa shape index (κ1) is 14.1. The molecule has 1 aromatic heterocycles. The molecule has 0 bridgehead atoms. The summed E-state index contributed by atoms with van der Waals surface area (Å²) in [4.78, 5) is 16.6. The van der Waals surface area contributed by atoms with Crippen molar-refractivity contribution in [3.8, 4) is 0 Å². The van der Waals surface area contributed by atoms with Crippen LogP contribution in [0, 0.1) is 0 Å². The zero-order valence-corrected chi connectivity index (χ0v) is 11.8. The molecule has 0 radical (unpaired) electrons. The lowest BCUT2D eigenvalue weighted by Gasteiger charge is -2.16. The third-order valence-electron chi connectivity index (χ3n) is 3.17. The van der Waals surface area contributed by atoms with Crippen LogP contribution in [0.2, 0.25) is 0 Å². The molecule has 0 spiro atoms. The van der Waals surface area contributed by atoms with Crippen LogP contribution < -0.4 is 11.1 Å². The van der Waals surface area contributed by atoms with E-state index in [1.165, 1.54) is 0 Å². The van der Waals surface area contributed by atoms with Crippen molar-refractivity contribution >= 4 is 17.3 Å². The molecule has 1 amide bonds. The number of anilines is 2. The van der Waals surface area contributed by atoms with Crippen molar-refractivity contribution in [3.63, 3.8) is 0 Å². The number of nitrogens with two attached hydrogens (primary N) is 1. The van der Waals surface area contributed by atoms with Gasteiger partial charge >= 0.3 is 0 Å². The average molecular weight is 272 g/mol. The first-order valence-corrected chi connectivity index (χ1v) is 6.80. The Balaban J connectivity index is 2.10. The summed E-state index contributed by atoms with van der Waals surface area (Å²) in [5, 5.41) is 2.87. The number of carbonyl (C=O) groups is 1. The summed E-state index contributed by atoms with van der Waals surface area (Å²) in [5.41, 5.74) is 7.04. The third-order valence-corrected chi connectivity index (χ3v) is 3.17. The van der Waals surface area contributed by atoms with E-state index >= 15 is 0 Å². The minimum atomic E-state index is -0.305. The van der Waals surface area contributed by atoms with Crippen LogP contribution in [-0.4, -0.2) is 15.5 Å². The first-order chi connectivity index (χ1) is 9.61. The highest BCUT2D eigenvalue weighted by atomic mass is 16.2. The van der Waals surface area contributed by atoms with Gasteiger partial charge in [-0.05, 0) is 31.5 Å². The fourth-order valence-corrected chi connectivity index (χ4v) is 2.10. The van der Waals surface area contributed by atoms with E-state index in [9.17, 15) is 4.79 Å². The number of rotatable bonds is 5. The van der Waals surface area contributed by atoms with Crippen LogP contribution in [0.1, 0.15) is 32.1 Å². The van der Waals surface area contributed by atoms with E-state index < -0.39 is 0 Å². The van der Waals surface area contributed by atoms with Gasteiger partial charge in [-0.2, -0.15) is 0 Å². The van der Waals surface area contributed by atoms with Gasteiger partial charge in [0.05, 0.1) is 0 Å². The zero-order chi connectivity index (χ0) is 14.5. The number of nitrogens with one attached hydrogen (secondary N) is 1. The Morgan fingerprint density at radius 3 is 3.00 bits per heavy atom. The normalized spacial score (nSPS) is 12.1. The SMILES string of the molecule is CCCc1nccn1C(C)C(=O)Nc1cccc(N)c1. The maximum absolute atomic E-state index is 12.3. The zero-order valence-electron chi connectivity index (χ0n) is 11.8. The van der Waals surface area contributed by atoms with Crippen LogP contribution in [-0.2, 0) is 11.2 Å². The van der Waals surface area contributed by atoms with E-state index in [4.69, 9.17) is 5.73 Å². The molecular formula is C15H20N4O. The maximum Gasteiger partial charge on any atom is 0.247 e. The van der Waals surface area contributed by atoms with Crippen LogP contribution in [0.15, 0.2) is 36.7 Å². The molecule has 0 aliphatic heterocycles. The van der Waals surface area contributed by atoms with E-state index in [2.05, 4.69) is 17.2 Å². The summed E-state index contributed by atoms with van der Waals surface area (Å²) < 4.78 is 1.91. The van der Waals surface area contributed by atoms with Crippen LogP contribution >= 0.6 is 0 Å². The van der Waals surface area contributed by atoms with Crippen molar-refractivity contribution < 1.29 is 4.79 Å². The van der Waals surface area contributed by atoms with Crippen LogP contribution in [0.4, 0.5) is 11.4 Å². The van der Waals surface area contributed by atoms with Crippen LogP contribution in [0.25, 0.3) is 0 Å². The van der Waals surface area contributed by atoms with Crippen LogP contribution in [0.3, 0.4) is 0 Å². The van der Waals surface area contributed by atoms with Crippen molar-refractivity contribution in [1.82, 2.24) is 9.55 Å². The summed E-state index contributed by atoms with van der Waals surface area (Å²) in [5.74, 6) is 0.855. The van der Waals surface area contributed by atoms with E-state index in [0.29, 0.717) is 11.4 Å².